The minimum absolute atomic E-state index is 0.752. The van der Waals surface area contributed by atoms with Crippen molar-refractivity contribution in [3.05, 3.63) is 0 Å². The van der Waals surface area contributed by atoms with E-state index in [0.717, 1.165) is 17.8 Å². The van der Waals surface area contributed by atoms with Gasteiger partial charge in [0.25, 0.3) is 0 Å². The first-order valence-corrected chi connectivity index (χ1v) is 4.73. The molecule has 2 heteroatoms. The summed E-state index contributed by atoms with van der Waals surface area (Å²) >= 11 is 3.40. The number of halogens is 1. The number of hydrogen-bond donors (Lipinski definition) is 1. The summed E-state index contributed by atoms with van der Waals surface area (Å²) in [6.45, 7) is 3.05. The Hall–Kier alpha value is 0.440. The molecule has 1 unspecified atom stereocenters. The van der Waals surface area contributed by atoms with E-state index in [4.69, 9.17) is 5.73 Å². The molecule has 0 aliphatic rings. The summed E-state index contributed by atoms with van der Waals surface area (Å²) in [6, 6.07) is 0. The van der Waals surface area contributed by atoms with E-state index in [1.807, 2.05) is 0 Å². The molecule has 0 heterocycles. The normalized spacial score (nSPS) is 13.7. The standard InChI is InChI=1S/C7H16BrN/c1-2-7(6-9)4-3-5-8/h7H,2-6,9H2,1H3. The molecule has 1 nitrogen and oxygen atoms in total. The molecule has 0 radical (unpaired) electrons. The Kier molecular flexibility index (Phi) is 6.88. The predicted octanol–water partition coefficient (Wildman–Crippen LogP) is 2.15. The SMILES string of the molecule is CCC(CN)CCCBr. The zero-order valence-electron chi connectivity index (χ0n) is 6.07. The van der Waals surface area contributed by atoms with Crippen molar-refractivity contribution in [3.63, 3.8) is 0 Å². The molecule has 2 N–H and O–H groups in total. The van der Waals surface area contributed by atoms with Gasteiger partial charge in [0, 0.05) is 5.33 Å². The molecule has 0 saturated heterocycles. The van der Waals surface area contributed by atoms with E-state index in [2.05, 4.69) is 22.9 Å². The average Bonchev–Trinajstić information content (AvgIpc) is 1.91. The summed E-state index contributed by atoms with van der Waals surface area (Å²) in [6.07, 6.45) is 3.76. The van der Waals surface area contributed by atoms with E-state index in [1.54, 1.807) is 0 Å². The summed E-state index contributed by atoms with van der Waals surface area (Å²) in [5, 5.41) is 1.11. The minimum atomic E-state index is 0.752. The van der Waals surface area contributed by atoms with Gasteiger partial charge in [0.05, 0.1) is 0 Å². The highest BCUT2D eigenvalue weighted by molar-refractivity contribution is 9.09. The molecule has 0 aliphatic heterocycles. The van der Waals surface area contributed by atoms with Crippen molar-refractivity contribution in [1.82, 2.24) is 0 Å². The van der Waals surface area contributed by atoms with Crippen LogP contribution >= 0.6 is 15.9 Å². The van der Waals surface area contributed by atoms with Crippen molar-refractivity contribution in [2.45, 2.75) is 26.2 Å². The molecule has 1 atom stereocenters. The molecule has 9 heavy (non-hydrogen) atoms. The fourth-order valence-corrected chi connectivity index (χ4v) is 1.18. The second-order valence-corrected chi connectivity index (χ2v) is 3.13. The highest BCUT2D eigenvalue weighted by atomic mass is 79.9. The highest BCUT2D eigenvalue weighted by Crippen LogP contribution is 2.09. The van der Waals surface area contributed by atoms with E-state index in [0.29, 0.717) is 0 Å². The molecule has 0 rings (SSSR count). The van der Waals surface area contributed by atoms with Crippen LogP contribution in [0.25, 0.3) is 0 Å². The van der Waals surface area contributed by atoms with Gasteiger partial charge in [-0.05, 0) is 25.3 Å². The van der Waals surface area contributed by atoms with Crippen LogP contribution in [0.1, 0.15) is 26.2 Å². The Morgan fingerprint density at radius 3 is 2.56 bits per heavy atom. The Morgan fingerprint density at radius 2 is 2.22 bits per heavy atom. The number of alkyl halides is 1. The first-order valence-electron chi connectivity index (χ1n) is 3.61. The smallest absolute Gasteiger partial charge is 0.00314 e. The molecule has 0 saturated carbocycles. The number of hydrogen-bond acceptors (Lipinski definition) is 1. The molecular weight excluding hydrogens is 178 g/mol. The van der Waals surface area contributed by atoms with Crippen LogP contribution in [0.5, 0.6) is 0 Å². The van der Waals surface area contributed by atoms with E-state index < -0.39 is 0 Å². The molecular formula is C7H16BrN. The van der Waals surface area contributed by atoms with Crippen LogP contribution in [0.3, 0.4) is 0 Å². The van der Waals surface area contributed by atoms with Gasteiger partial charge in [-0.25, -0.2) is 0 Å². The third kappa shape index (κ3) is 4.91. The third-order valence-electron chi connectivity index (χ3n) is 1.66. The van der Waals surface area contributed by atoms with Gasteiger partial charge in [0.15, 0.2) is 0 Å². The molecule has 0 amide bonds. The number of rotatable bonds is 5. The molecule has 0 spiro atoms. The molecule has 56 valence electrons. The lowest BCUT2D eigenvalue weighted by Gasteiger charge is -2.09. The van der Waals surface area contributed by atoms with E-state index >= 15 is 0 Å². The zero-order valence-corrected chi connectivity index (χ0v) is 7.65. The Bertz CT molecular complexity index is 52.9. The maximum absolute atomic E-state index is 5.51. The second-order valence-electron chi connectivity index (χ2n) is 2.34. The predicted molar refractivity (Wildman–Crippen MR) is 45.9 cm³/mol. The van der Waals surface area contributed by atoms with Gasteiger partial charge in [0.2, 0.25) is 0 Å². The van der Waals surface area contributed by atoms with Crippen LogP contribution in [0.15, 0.2) is 0 Å². The molecule has 0 bridgehead atoms. The van der Waals surface area contributed by atoms with Gasteiger partial charge in [-0.2, -0.15) is 0 Å². The van der Waals surface area contributed by atoms with Gasteiger partial charge in [-0.1, -0.05) is 29.3 Å². The fourth-order valence-electron chi connectivity index (χ4n) is 0.854. The van der Waals surface area contributed by atoms with Crippen LogP contribution in [0.2, 0.25) is 0 Å². The quantitative estimate of drug-likeness (QED) is 0.666. The maximum atomic E-state index is 5.51. The monoisotopic (exact) mass is 193 g/mol. The lowest BCUT2D eigenvalue weighted by molar-refractivity contribution is 0.478. The zero-order chi connectivity index (χ0) is 7.11. The van der Waals surface area contributed by atoms with Crippen LogP contribution in [0.4, 0.5) is 0 Å². The van der Waals surface area contributed by atoms with E-state index in [-0.39, 0.29) is 0 Å². The minimum Gasteiger partial charge on any atom is -0.330 e. The van der Waals surface area contributed by atoms with Gasteiger partial charge >= 0.3 is 0 Å². The van der Waals surface area contributed by atoms with Gasteiger partial charge in [-0.15, -0.1) is 0 Å². The Balaban J connectivity index is 3.09. The summed E-state index contributed by atoms with van der Waals surface area (Å²) < 4.78 is 0. The molecule has 0 aromatic heterocycles. The molecule has 0 aliphatic carbocycles. The lowest BCUT2D eigenvalue weighted by Crippen LogP contribution is -2.13. The maximum Gasteiger partial charge on any atom is 0.00314 e. The van der Waals surface area contributed by atoms with Gasteiger partial charge < -0.3 is 5.73 Å². The van der Waals surface area contributed by atoms with Crippen molar-refractivity contribution in [3.8, 4) is 0 Å². The third-order valence-corrected chi connectivity index (χ3v) is 2.22. The van der Waals surface area contributed by atoms with Crippen LogP contribution in [-0.4, -0.2) is 11.9 Å². The van der Waals surface area contributed by atoms with Crippen molar-refractivity contribution >= 4 is 15.9 Å². The van der Waals surface area contributed by atoms with Gasteiger partial charge in [0.1, 0.15) is 0 Å². The van der Waals surface area contributed by atoms with Crippen LogP contribution < -0.4 is 5.73 Å². The van der Waals surface area contributed by atoms with E-state index in [9.17, 15) is 0 Å². The summed E-state index contributed by atoms with van der Waals surface area (Å²) in [7, 11) is 0. The van der Waals surface area contributed by atoms with Crippen LogP contribution in [-0.2, 0) is 0 Å². The first-order chi connectivity index (χ1) is 4.35. The van der Waals surface area contributed by atoms with Crippen molar-refractivity contribution in [2.24, 2.45) is 11.7 Å². The summed E-state index contributed by atoms with van der Waals surface area (Å²) in [4.78, 5) is 0. The first kappa shape index (κ1) is 9.44. The van der Waals surface area contributed by atoms with Crippen molar-refractivity contribution in [2.75, 3.05) is 11.9 Å². The number of nitrogens with two attached hydrogens (primary N) is 1. The summed E-state index contributed by atoms with van der Waals surface area (Å²) in [5.74, 6) is 0.752. The molecule has 0 aromatic rings. The Morgan fingerprint density at radius 1 is 1.56 bits per heavy atom. The van der Waals surface area contributed by atoms with Crippen molar-refractivity contribution in [1.29, 1.82) is 0 Å². The van der Waals surface area contributed by atoms with Crippen LogP contribution in [0, 0.1) is 5.92 Å². The average molecular weight is 194 g/mol. The fraction of sp³-hybridized carbons (Fsp3) is 1.00. The summed E-state index contributed by atoms with van der Waals surface area (Å²) in [5.41, 5.74) is 5.51. The van der Waals surface area contributed by atoms with E-state index in [1.165, 1.54) is 19.3 Å². The topological polar surface area (TPSA) is 26.0 Å². The molecule has 0 aromatic carbocycles. The largest absolute Gasteiger partial charge is 0.330 e. The van der Waals surface area contributed by atoms with Crippen molar-refractivity contribution < 1.29 is 0 Å². The molecule has 0 fully saturated rings. The lowest BCUT2D eigenvalue weighted by atomic mass is 10.0. The Labute approximate surface area is 66.1 Å². The highest BCUT2D eigenvalue weighted by Gasteiger charge is 2.00. The van der Waals surface area contributed by atoms with Gasteiger partial charge in [-0.3, -0.25) is 0 Å². The second kappa shape index (κ2) is 6.56.